The molecular formula is C18H28N8. The molecule has 1 aliphatic carbocycles. The summed E-state index contributed by atoms with van der Waals surface area (Å²) in [6, 6.07) is 3.34. The molecule has 1 aliphatic heterocycles. The lowest BCUT2D eigenvalue weighted by Gasteiger charge is -2.39. The quantitative estimate of drug-likeness (QED) is 0.773. The Morgan fingerprint density at radius 3 is 2.35 bits per heavy atom. The molecule has 0 amide bonds. The van der Waals surface area contributed by atoms with Crippen LogP contribution in [0.4, 0.5) is 11.6 Å². The van der Waals surface area contributed by atoms with Gasteiger partial charge in [0.1, 0.15) is 30.1 Å². The number of aryl methyl sites for hydroxylation is 1. The van der Waals surface area contributed by atoms with Crippen LogP contribution in [-0.2, 0) is 13.6 Å². The van der Waals surface area contributed by atoms with Crippen LogP contribution in [0.15, 0.2) is 18.7 Å². The Morgan fingerprint density at radius 1 is 1.04 bits per heavy atom. The number of likely N-dealkylation sites (tertiary alicyclic amines) is 1. The zero-order valence-corrected chi connectivity index (χ0v) is 15.9. The van der Waals surface area contributed by atoms with Crippen LogP contribution in [0.2, 0.25) is 0 Å². The van der Waals surface area contributed by atoms with E-state index in [0.29, 0.717) is 12.1 Å². The van der Waals surface area contributed by atoms with Crippen molar-refractivity contribution in [3.63, 3.8) is 0 Å². The summed E-state index contributed by atoms with van der Waals surface area (Å²) >= 11 is 0. The molecule has 0 radical (unpaired) electrons. The van der Waals surface area contributed by atoms with Crippen LogP contribution in [0.25, 0.3) is 0 Å². The number of hydrogen-bond donors (Lipinski definition) is 0. The average molecular weight is 356 g/mol. The minimum absolute atomic E-state index is 0.558. The van der Waals surface area contributed by atoms with Crippen molar-refractivity contribution < 1.29 is 0 Å². The van der Waals surface area contributed by atoms with E-state index in [9.17, 15) is 0 Å². The molecule has 8 heteroatoms. The lowest BCUT2D eigenvalue weighted by atomic mass is 10.0. The summed E-state index contributed by atoms with van der Waals surface area (Å²) in [4.78, 5) is 16.1. The summed E-state index contributed by atoms with van der Waals surface area (Å²) in [5.74, 6) is 3.09. The third-order valence-electron chi connectivity index (χ3n) is 5.42. The summed E-state index contributed by atoms with van der Waals surface area (Å²) in [6.45, 7) is 3.06. The number of aromatic nitrogens is 5. The smallest absolute Gasteiger partial charge is 0.146 e. The van der Waals surface area contributed by atoms with Crippen molar-refractivity contribution >= 4 is 11.6 Å². The van der Waals surface area contributed by atoms with Gasteiger partial charge < -0.3 is 14.4 Å². The Morgan fingerprint density at radius 2 is 1.73 bits per heavy atom. The van der Waals surface area contributed by atoms with Crippen molar-refractivity contribution in [1.29, 1.82) is 0 Å². The van der Waals surface area contributed by atoms with Crippen molar-refractivity contribution in [3.05, 3.63) is 24.5 Å². The first-order valence-electron chi connectivity index (χ1n) is 9.45. The van der Waals surface area contributed by atoms with Crippen LogP contribution in [0.1, 0.15) is 31.5 Å². The fourth-order valence-electron chi connectivity index (χ4n) is 3.75. The van der Waals surface area contributed by atoms with Crippen molar-refractivity contribution in [2.24, 2.45) is 7.05 Å². The van der Waals surface area contributed by atoms with E-state index in [4.69, 9.17) is 0 Å². The summed E-state index contributed by atoms with van der Waals surface area (Å²) < 4.78 is 2.01. The van der Waals surface area contributed by atoms with E-state index in [2.05, 4.69) is 36.0 Å². The molecule has 140 valence electrons. The molecule has 2 fully saturated rings. The van der Waals surface area contributed by atoms with Crippen molar-refractivity contribution in [3.8, 4) is 0 Å². The van der Waals surface area contributed by atoms with Gasteiger partial charge in [-0.3, -0.25) is 4.90 Å². The summed E-state index contributed by atoms with van der Waals surface area (Å²) in [5.41, 5.74) is 0. The van der Waals surface area contributed by atoms with Crippen LogP contribution in [0, 0.1) is 0 Å². The molecule has 2 aliphatic rings. The molecule has 0 spiro atoms. The molecule has 26 heavy (non-hydrogen) atoms. The largest absolute Gasteiger partial charge is 0.363 e. The van der Waals surface area contributed by atoms with Gasteiger partial charge >= 0.3 is 0 Å². The van der Waals surface area contributed by atoms with E-state index in [1.165, 1.54) is 12.8 Å². The number of anilines is 2. The van der Waals surface area contributed by atoms with Gasteiger partial charge in [-0.1, -0.05) is 0 Å². The fourth-order valence-corrected chi connectivity index (χ4v) is 3.75. The predicted molar refractivity (Wildman–Crippen MR) is 101 cm³/mol. The Hall–Kier alpha value is -2.22. The second kappa shape index (κ2) is 7.19. The molecule has 2 aromatic rings. The summed E-state index contributed by atoms with van der Waals surface area (Å²) in [7, 11) is 6.06. The lowest BCUT2D eigenvalue weighted by molar-refractivity contribution is 0.194. The highest BCUT2D eigenvalue weighted by atomic mass is 15.3. The van der Waals surface area contributed by atoms with Crippen LogP contribution in [-0.4, -0.2) is 68.9 Å². The highest BCUT2D eigenvalue weighted by molar-refractivity contribution is 5.51. The van der Waals surface area contributed by atoms with E-state index >= 15 is 0 Å². The zero-order valence-electron chi connectivity index (χ0n) is 15.9. The SMILES string of the molecule is CN(C)c1cc(N(C2CC2)C2CCN(Cc3nncn3C)CC2)ncn1. The van der Waals surface area contributed by atoms with Gasteiger partial charge in [0.15, 0.2) is 0 Å². The molecule has 2 aromatic heterocycles. The van der Waals surface area contributed by atoms with Crippen LogP contribution < -0.4 is 9.80 Å². The fraction of sp³-hybridized carbons (Fsp3) is 0.667. The third-order valence-corrected chi connectivity index (χ3v) is 5.42. The molecule has 1 saturated heterocycles. The first kappa shape index (κ1) is 17.2. The van der Waals surface area contributed by atoms with Crippen molar-refractivity contribution in [1.82, 2.24) is 29.6 Å². The van der Waals surface area contributed by atoms with E-state index in [-0.39, 0.29) is 0 Å². The molecule has 0 unspecified atom stereocenters. The number of hydrogen-bond acceptors (Lipinski definition) is 7. The average Bonchev–Trinajstić information content (AvgIpc) is 3.40. The molecular weight excluding hydrogens is 328 g/mol. The van der Waals surface area contributed by atoms with E-state index < -0.39 is 0 Å². The van der Waals surface area contributed by atoms with Crippen LogP contribution in [0.5, 0.6) is 0 Å². The maximum absolute atomic E-state index is 4.60. The number of piperidine rings is 1. The van der Waals surface area contributed by atoms with Gasteiger partial charge in [0, 0.05) is 52.4 Å². The van der Waals surface area contributed by atoms with Crippen LogP contribution >= 0.6 is 0 Å². The predicted octanol–water partition coefficient (Wildman–Crippen LogP) is 1.30. The Kier molecular flexibility index (Phi) is 4.76. The second-order valence-electron chi connectivity index (χ2n) is 7.63. The van der Waals surface area contributed by atoms with Crippen LogP contribution in [0.3, 0.4) is 0 Å². The normalized spacial score (nSPS) is 18.9. The first-order valence-corrected chi connectivity index (χ1v) is 9.45. The maximum Gasteiger partial charge on any atom is 0.146 e. The van der Waals surface area contributed by atoms with Gasteiger partial charge in [-0.15, -0.1) is 10.2 Å². The Bertz CT molecular complexity index is 730. The Labute approximate surface area is 154 Å². The standard InChI is InChI=1S/C18H28N8/c1-23(2)16-10-17(20-12-19-16)26(14-4-5-14)15-6-8-25(9-7-15)11-18-22-21-13-24(18)3/h10,12-15H,4-9,11H2,1-3H3. The van der Waals surface area contributed by atoms with Crippen molar-refractivity contribution in [2.45, 2.75) is 44.3 Å². The minimum Gasteiger partial charge on any atom is -0.363 e. The topological polar surface area (TPSA) is 66.2 Å². The molecule has 4 rings (SSSR count). The second-order valence-corrected chi connectivity index (χ2v) is 7.63. The monoisotopic (exact) mass is 356 g/mol. The molecule has 0 atom stereocenters. The minimum atomic E-state index is 0.558. The van der Waals surface area contributed by atoms with E-state index in [0.717, 1.165) is 49.9 Å². The van der Waals surface area contributed by atoms with Gasteiger partial charge in [-0.25, -0.2) is 9.97 Å². The molecule has 0 aromatic carbocycles. The lowest BCUT2D eigenvalue weighted by Crippen LogP contribution is -2.46. The van der Waals surface area contributed by atoms with Crippen molar-refractivity contribution in [2.75, 3.05) is 37.0 Å². The highest BCUT2D eigenvalue weighted by Crippen LogP contribution is 2.36. The maximum atomic E-state index is 4.60. The molecule has 3 heterocycles. The van der Waals surface area contributed by atoms with Gasteiger partial charge in [0.25, 0.3) is 0 Å². The number of rotatable bonds is 6. The third kappa shape index (κ3) is 3.65. The zero-order chi connectivity index (χ0) is 18.1. The number of nitrogens with zero attached hydrogens (tertiary/aromatic N) is 8. The molecule has 0 bridgehead atoms. The van der Waals surface area contributed by atoms with Gasteiger partial charge in [0.2, 0.25) is 0 Å². The molecule has 8 nitrogen and oxygen atoms in total. The van der Waals surface area contributed by atoms with Gasteiger partial charge in [0.05, 0.1) is 6.54 Å². The molecule has 1 saturated carbocycles. The Balaban J connectivity index is 1.43. The summed E-state index contributed by atoms with van der Waals surface area (Å²) in [5, 5.41) is 8.20. The summed E-state index contributed by atoms with van der Waals surface area (Å²) in [6.07, 6.45) is 8.35. The molecule has 0 N–H and O–H groups in total. The van der Waals surface area contributed by atoms with Gasteiger partial charge in [-0.05, 0) is 25.7 Å². The first-order chi connectivity index (χ1) is 12.6. The van der Waals surface area contributed by atoms with E-state index in [1.54, 1.807) is 12.7 Å². The highest BCUT2D eigenvalue weighted by Gasteiger charge is 2.36. The van der Waals surface area contributed by atoms with Gasteiger partial charge in [-0.2, -0.15) is 0 Å². The van der Waals surface area contributed by atoms with E-state index in [1.807, 2.05) is 30.6 Å².